The Morgan fingerprint density at radius 3 is 2.65 bits per heavy atom. The quantitative estimate of drug-likeness (QED) is 0.819. The zero-order valence-corrected chi connectivity index (χ0v) is 11.3. The third kappa shape index (κ3) is 3.66. The molecule has 5 heteroatoms. The normalized spacial score (nSPS) is 37.1. The van der Waals surface area contributed by atoms with Gasteiger partial charge in [-0.25, -0.2) is 8.42 Å². The van der Waals surface area contributed by atoms with E-state index in [9.17, 15) is 8.42 Å². The molecule has 0 aromatic rings. The minimum atomic E-state index is -2.74. The van der Waals surface area contributed by atoms with Crippen molar-refractivity contribution < 1.29 is 13.2 Å². The van der Waals surface area contributed by atoms with E-state index in [1.807, 2.05) is 0 Å². The first-order valence-electron chi connectivity index (χ1n) is 6.57. The monoisotopic (exact) mass is 261 g/mol. The lowest BCUT2D eigenvalue weighted by atomic mass is 9.92. The molecule has 0 radical (unpaired) electrons. The van der Waals surface area contributed by atoms with E-state index in [1.165, 1.54) is 12.8 Å². The summed E-state index contributed by atoms with van der Waals surface area (Å²) < 4.78 is 28.2. The Labute approximate surface area is 104 Å². The number of hydrogen-bond acceptors (Lipinski definition) is 4. The molecule has 17 heavy (non-hydrogen) atoms. The van der Waals surface area contributed by atoms with Crippen molar-refractivity contribution in [1.82, 2.24) is 5.32 Å². The fraction of sp³-hybridized carbons (Fsp3) is 1.00. The van der Waals surface area contributed by atoms with E-state index in [0.717, 1.165) is 25.8 Å². The molecule has 2 rings (SSSR count). The van der Waals surface area contributed by atoms with Crippen molar-refractivity contribution in [2.45, 2.75) is 44.2 Å². The molecule has 2 fully saturated rings. The average Bonchev–Trinajstić information content (AvgIpc) is 2.67. The molecule has 4 nitrogen and oxygen atoms in total. The highest BCUT2D eigenvalue weighted by Crippen LogP contribution is 2.22. The van der Waals surface area contributed by atoms with E-state index >= 15 is 0 Å². The van der Waals surface area contributed by atoms with Crippen LogP contribution in [0, 0.1) is 5.92 Å². The van der Waals surface area contributed by atoms with Crippen LogP contribution in [0.4, 0.5) is 0 Å². The van der Waals surface area contributed by atoms with Crippen LogP contribution >= 0.6 is 0 Å². The molecule has 1 heterocycles. The number of methoxy groups -OCH3 is 1. The molecular weight excluding hydrogens is 238 g/mol. The highest BCUT2D eigenvalue weighted by molar-refractivity contribution is 7.91. The molecule has 0 spiro atoms. The van der Waals surface area contributed by atoms with Gasteiger partial charge in [0.2, 0.25) is 0 Å². The summed E-state index contributed by atoms with van der Waals surface area (Å²) in [5.74, 6) is 1.04. The second-order valence-corrected chi connectivity index (χ2v) is 7.57. The summed E-state index contributed by atoms with van der Waals surface area (Å²) in [6.45, 7) is 0.823. The molecule has 0 amide bonds. The Morgan fingerprint density at radius 1 is 1.24 bits per heavy atom. The summed E-state index contributed by atoms with van der Waals surface area (Å²) in [5, 5.41) is 3.51. The lowest BCUT2D eigenvalue weighted by molar-refractivity contribution is 0.0409. The smallest absolute Gasteiger partial charge is 0.150 e. The van der Waals surface area contributed by atoms with Crippen LogP contribution in [0.1, 0.15) is 32.1 Å². The van der Waals surface area contributed by atoms with E-state index in [0.29, 0.717) is 29.6 Å². The van der Waals surface area contributed by atoms with Gasteiger partial charge in [0.05, 0.1) is 17.6 Å². The van der Waals surface area contributed by atoms with Gasteiger partial charge in [0, 0.05) is 13.2 Å². The maximum absolute atomic E-state index is 11.4. The van der Waals surface area contributed by atoms with Crippen LogP contribution in [-0.2, 0) is 14.6 Å². The third-order valence-electron chi connectivity index (χ3n) is 4.00. The molecule has 1 aliphatic carbocycles. The predicted octanol–water partition coefficient (Wildman–Crippen LogP) is 0.968. The standard InChI is InChI=1S/C12H23NO3S/c1-16-12-5-3-2-4-11(12)13-8-10-6-7-17(14,15)9-10/h10-13H,2-9H2,1H3. The Kier molecular flexibility index (Phi) is 4.44. The van der Waals surface area contributed by atoms with Crippen LogP contribution in [0.25, 0.3) is 0 Å². The lowest BCUT2D eigenvalue weighted by Gasteiger charge is -2.31. The first-order valence-corrected chi connectivity index (χ1v) is 8.39. The number of ether oxygens (including phenoxy) is 1. The van der Waals surface area contributed by atoms with Gasteiger partial charge in [-0.2, -0.15) is 0 Å². The van der Waals surface area contributed by atoms with Crippen LogP contribution in [0.5, 0.6) is 0 Å². The van der Waals surface area contributed by atoms with Gasteiger partial charge in [0.25, 0.3) is 0 Å². The third-order valence-corrected chi connectivity index (χ3v) is 5.84. The molecule has 1 saturated carbocycles. The Balaban J connectivity index is 1.77. The van der Waals surface area contributed by atoms with Crippen LogP contribution in [0.15, 0.2) is 0 Å². The van der Waals surface area contributed by atoms with Gasteiger partial charge in [-0.1, -0.05) is 12.8 Å². The minimum absolute atomic E-state index is 0.305. The molecular formula is C12H23NO3S. The fourth-order valence-electron chi connectivity index (χ4n) is 2.96. The molecule has 3 atom stereocenters. The molecule has 100 valence electrons. The molecule has 1 aliphatic heterocycles. The topological polar surface area (TPSA) is 55.4 Å². The number of rotatable bonds is 4. The summed E-state index contributed by atoms with van der Waals surface area (Å²) >= 11 is 0. The summed E-state index contributed by atoms with van der Waals surface area (Å²) in [6, 6.07) is 0.414. The number of hydrogen-bond donors (Lipinski definition) is 1. The van der Waals surface area contributed by atoms with Crippen molar-refractivity contribution in [1.29, 1.82) is 0 Å². The highest BCUT2D eigenvalue weighted by atomic mass is 32.2. The Bertz CT molecular complexity index is 342. The lowest BCUT2D eigenvalue weighted by Crippen LogP contribution is -2.45. The predicted molar refractivity (Wildman–Crippen MR) is 67.8 cm³/mol. The molecule has 3 unspecified atom stereocenters. The highest BCUT2D eigenvalue weighted by Gasteiger charge is 2.30. The van der Waals surface area contributed by atoms with Crippen molar-refractivity contribution in [3.8, 4) is 0 Å². The van der Waals surface area contributed by atoms with E-state index < -0.39 is 9.84 Å². The second-order valence-electron chi connectivity index (χ2n) is 5.34. The summed E-state index contributed by atoms with van der Waals surface area (Å²) in [6.07, 6.45) is 5.89. The van der Waals surface area contributed by atoms with Gasteiger partial charge in [-0.05, 0) is 31.7 Å². The number of nitrogens with one attached hydrogen (secondary N) is 1. The molecule has 0 aromatic heterocycles. The molecule has 1 saturated heterocycles. The maximum atomic E-state index is 11.4. The van der Waals surface area contributed by atoms with Gasteiger partial charge in [-0.15, -0.1) is 0 Å². The van der Waals surface area contributed by atoms with Gasteiger partial charge >= 0.3 is 0 Å². The minimum Gasteiger partial charge on any atom is -0.380 e. The van der Waals surface area contributed by atoms with Crippen molar-refractivity contribution in [3.05, 3.63) is 0 Å². The Morgan fingerprint density at radius 2 is 2.00 bits per heavy atom. The average molecular weight is 261 g/mol. The van der Waals surface area contributed by atoms with Crippen LogP contribution < -0.4 is 5.32 Å². The van der Waals surface area contributed by atoms with Gasteiger partial charge in [0.1, 0.15) is 0 Å². The molecule has 0 aromatic carbocycles. The first kappa shape index (κ1) is 13.3. The van der Waals surface area contributed by atoms with E-state index in [2.05, 4.69) is 5.32 Å². The van der Waals surface area contributed by atoms with Crippen LogP contribution in [0.2, 0.25) is 0 Å². The van der Waals surface area contributed by atoms with Crippen LogP contribution in [-0.4, -0.2) is 45.7 Å². The van der Waals surface area contributed by atoms with Gasteiger partial charge in [0.15, 0.2) is 9.84 Å². The SMILES string of the molecule is COC1CCCCC1NCC1CCS(=O)(=O)C1. The number of sulfone groups is 1. The Hall–Kier alpha value is -0.130. The summed E-state index contributed by atoms with van der Waals surface area (Å²) in [7, 11) is -0.970. The molecule has 1 N–H and O–H groups in total. The van der Waals surface area contributed by atoms with Crippen molar-refractivity contribution >= 4 is 9.84 Å². The van der Waals surface area contributed by atoms with E-state index in [-0.39, 0.29) is 0 Å². The van der Waals surface area contributed by atoms with Crippen molar-refractivity contribution in [2.24, 2.45) is 5.92 Å². The molecule has 0 bridgehead atoms. The van der Waals surface area contributed by atoms with Gasteiger partial charge in [-0.3, -0.25) is 0 Å². The summed E-state index contributed by atoms with van der Waals surface area (Å²) in [5.41, 5.74) is 0. The van der Waals surface area contributed by atoms with Crippen LogP contribution in [0.3, 0.4) is 0 Å². The first-order chi connectivity index (χ1) is 8.11. The zero-order valence-electron chi connectivity index (χ0n) is 10.5. The second kappa shape index (κ2) is 5.67. The maximum Gasteiger partial charge on any atom is 0.150 e. The van der Waals surface area contributed by atoms with Gasteiger partial charge < -0.3 is 10.1 Å². The fourth-order valence-corrected chi connectivity index (χ4v) is 4.83. The zero-order chi connectivity index (χ0) is 12.3. The largest absolute Gasteiger partial charge is 0.380 e. The van der Waals surface area contributed by atoms with Crippen molar-refractivity contribution in [3.63, 3.8) is 0 Å². The van der Waals surface area contributed by atoms with E-state index in [1.54, 1.807) is 7.11 Å². The van der Waals surface area contributed by atoms with E-state index in [4.69, 9.17) is 4.74 Å². The summed E-state index contributed by atoms with van der Waals surface area (Å²) in [4.78, 5) is 0. The van der Waals surface area contributed by atoms with Crippen molar-refractivity contribution in [2.75, 3.05) is 25.2 Å². The molecule has 2 aliphatic rings.